The first-order valence-electron chi connectivity index (χ1n) is 6.21. The van der Waals surface area contributed by atoms with Crippen molar-refractivity contribution in [2.75, 3.05) is 13.1 Å². The largest absolute Gasteiger partial charge is 0.416 e. The maximum Gasteiger partial charge on any atom is 0.416 e. The molecule has 0 saturated carbocycles. The van der Waals surface area contributed by atoms with E-state index in [4.69, 9.17) is 17.3 Å². The Balaban J connectivity index is 2.18. The summed E-state index contributed by atoms with van der Waals surface area (Å²) in [6.07, 6.45) is -2.32. The summed E-state index contributed by atoms with van der Waals surface area (Å²) in [5.41, 5.74) is 5.55. The van der Waals surface area contributed by atoms with Crippen molar-refractivity contribution in [2.24, 2.45) is 5.73 Å². The van der Waals surface area contributed by atoms with Gasteiger partial charge in [-0.3, -0.25) is 4.90 Å². The quantitative estimate of drug-likeness (QED) is 0.926. The summed E-state index contributed by atoms with van der Waals surface area (Å²) in [7, 11) is 0. The van der Waals surface area contributed by atoms with Gasteiger partial charge >= 0.3 is 6.18 Å². The fourth-order valence-corrected chi connectivity index (χ4v) is 2.77. The molecule has 1 aromatic rings. The second-order valence-corrected chi connectivity index (χ2v) is 5.28. The lowest BCUT2D eigenvalue weighted by atomic mass is 10.1. The van der Waals surface area contributed by atoms with Crippen molar-refractivity contribution in [3.63, 3.8) is 0 Å². The zero-order chi connectivity index (χ0) is 14.0. The minimum absolute atomic E-state index is 0.119. The molecule has 1 atom stereocenters. The highest BCUT2D eigenvalue weighted by Crippen LogP contribution is 2.32. The highest BCUT2D eigenvalue weighted by Gasteiger charge is 2.31. The van der Waals surface area contributed by atoms with Crippen molar-refractivity contribution in [3.05, 3.63) is 34.3 Å². The van der Waals surface area contributed by atoms with E-state index in [-0.39, 0.29) is 11.1 Å². The third kappa shape index (κ3) is 3.61. The minimum atomic E-state index is -4.36. The Hall–Kier alpha value is -0.780. The third-order valence-electron chi connectivity index (χ3n) is 3.44. The van der Waals surface area contributed by atoms with Crippen LogP contribution < -0.4 is 5.73 Å². The van der Waals surface area contributed by atoms with E-state index in [0.717, 1.165) is 31.5 Å². The van der Waals surface area contributed by atoms with Gasteiger partial charge in [0.15, 0.2) is 0 Å². The monoisotopic (exact) mass is 292 g/mol. The van der Waals surface area contributed by atoms with Gasteiger partial charge in [-0.2, -0.15) is 13.2 Å². The van der Waals surface area contributed by atoms with Gasteiger partial charge in [0.1, 0.15) is 0 Å². The molecule has 1 fully saturated rings. The van der Waals surface area contributed by atoms with E-state index in [1.54, 1.807) is 6.07 Å². The second kappa shape index (κ2) is 5.69. The van der Waals surface area contributed by atoms with E-state index < -0.39 is 11.7 Å². The summed E-state index contributed by atoms with van der Waals surface area (Å²) >= 11 is 5.77. The average molecular weight is 293 g/mol. The van der Waals surface area contributed by atoms with Crippen LogP contribution in [0.2, 0.25) is 5.02 Å². The molecule has 106 valence electrons. The average Bonchev–Trinajstić information content (AvgIpc) is 2.74. The number of halogens is 4. The third-order valence-corrected chi connectivity index (χ3v) is 3.66. The van der Waals surface area contributed by atoms with Crippen molar-refractivity contribution in [2.45, 2.75) is 31.6 Å². The first-order chi connectivity index (χ1) is 8.90. The van der Waals surface area contributed by atoms with Gasteiger partial charge in [-0.15, -0.1) is 0 Å². The molecular weight excluding hydrogens is 277 g/mol. The maximum atomic E-state index is 12.7. The molecule has 1 aliphatic heterocycles. The van der Waals surface area contributed by atoms with Crippen LogP contribution in [0.3, 0.4) is 0 Å². The molecule has 0 aromatic heterocycles. The van der Waals surface area contributed by atoms with Crippen LogP contribution in [0.4, 0.5) is 13.2 Å². The molecule has 0 aliphatic carbocycles. The second-order valence-electron chi connectivity index (χ2n) is 4.85. The van der Waals surface area contributed by atoms with Gasteiger partial charge < -0.3 is 5.73 Å². The smallest absolute Gasteiger partial charge is 0.329 e. The van der Waals surface area contributed by atoms with E-state index in [9.17, 15) is 13.2 Å². The Morgan fingerprint density at radius 3 is 2.68 bits per heavy atom. The number of rotatable bonds is 3. The van der Waals surface area contributed by atoms with Crippen molar-refractivity contribution < 1.29 is 13.2 Å². The Morgan fingerprint density at radius 1 is 1.32 bits per heavy atom. The lowest BCUT2D eigenvalue weighted by Gasteiger charge is -2.23. The SMILES string of the molecule is NCC1CCCN1Cc1cc(Cl)cc(C(F)(F)F)c1. The fourth-order valence-electron chi connectivity index (χ4n) is 2.51. The summed E-state index contributed by atoms with van der Waals surface area (Å²) in [5.74, 6) is 0. The summed E-state index contributed by atoms with van der Waals surface area (Å²) in [6.45, 7) is 1.87. The number of alkyl halides is 3. The number of nitrogens with two attached hydrogens (primary N) is 1. The highest BCUT2D eigenvalue weighted by molar-refractivity contribution is 6.30. The molecule has 1 aliphatic rings. The minimum Gasteiger partial charge on any atom is -0.329 e. The predicted molar refractivity (Wildman–Crippen MR) is 68.9 cm³/mol. The Kier molecular flexibility index (Phi) is 4.38. The Labute approximate surface area is 115 Å². The zero-order valence-electron chi connectivity index (χ0n) is 10.4. The van der Waals surface area contributed by atoms with E-state index >= 15 is 0 Å². The first kappa shape index (κ1) is 14.6. The van der Waals surface area contributed by atoms with Crippen LogP contribution in [0.1, 0.15) is 24.0 Å². The predicted octanol–water partition coefficient (Wildman–Crippen LogP) is 3.28. The van der Waals surface area contributed by atoms with Gasteiger partial charge in [-0.25, -0.2) is 0 Å². The van der Waals surface area contributed by atoms with E-state index in [2.05, 4.69) is 4.90 Å². The van der Waals surface area contributed by atoms with Crippen LogP contribution in [0, 0.1) is 0 Å². The molecule has 0 bridgehead atoms. The normalized spacial score (nSPS) is 21.0. The zero-order valence-corrected chi connectivity index (χ0v) is 11.1. The van der Waals surface area contributed by atoms with Gasteiger partial charge in [0.05, 0.1) is 5.56 Å². The fraction of sp³-hybridized carbons (Fsp3) is 0.538. The van der Waals surface area contributed by atoms with Crippen molar-refractivity contribution in [1.82, 2.24) is 4.90 Å². The van der Waals surface area contributed by atoms with Gasteiger partial charge in [-0.1, -0.05) is 11.6 Å². The number of nitrogens with zero attached hydrogens (tertiary/aromatic N) is 1. The number of hydrogen-bond acceptors (Lipinski definition) is 2. The van der Waals surface area contributed by atoms with Gasteiger partial charge in [-0.05, 0) is 43.1 Å². The molecule has 1 unspecified atom stereocenters. The summed E-state index contributed by atoms with van der Waals surface area (Å²) in [4.78, 5) is 2.12. The molecule has 19 heavy (non-hydrogen) atoms. The molecule has 1 saturated heterocycles. The molecule has 0 amide bonds. The molecule has 2 rings (SSSR count). The molecule has 0 radical (unpaired) electrons. The lowest BCUT2D eigenvalue weighted by Crippen LogP contribution is -2.34. The number of likely N-dealkylation sites (tertiary alicyclic amines) is 1. The highest BCUT2D eigenvalue weighted by atomic mass is 35.5. The standard InChI is InChI=1S/C13H16ClF3N2/c14-11-5-9(4-10(6-11)13(15,16)17)8-19-3-1-2-12(19)7-18/h4-6,12H,1-3,7-8,18H2. The van der Waals surface area contributed by atoms with Crippen molar-refractivity contribution >= 4 is 11.6 Å². The van der Waals surface area contributed by atoms with Gasteiger partial charge in [0.25, 0.3) is 0 Å². The van der Waals surface area contributed by atoms with Crippen LogP contribution in [0.5, 0.6) is 0 Å². The van der Waals surface area contributed by atoms with E-state index in [1.165, 1.54) is 0 Å². The number of hydrogen-bond donors (Lipinski definition) is 1. The summed E-state index contributed by atoms with van der Waals surface area (Å²) < 4.78 is 38.1. The molecule has 6 heteroatoms. The lowest BCUT2D eigenvalue weighted by molar-refractivity contribution is -0.137. The van der Waals surface area contributed by atoms with Crippen LogP contribution in [0.15, 0.2) is 18.2 Å². The van der Waals surface area contributed by atoms with Gasteiger partial charge in [0.2, 0.25) is 0 Å². The number of benzene rings is 1. The Bertz CT molecular complexity index is 448. The maximum absolute atomic E-state index is 12.7. The first-order valence-corrected chi connectivity index (χ1v) is 6.58. The van der Waals surface area contributed by atoms with E-state index in [0.29, 0.717) is 18.7 Å². The van der Waals surface area contributed by atoms with Gasteiger partial charge in [0, 0.05) is 24.2 Å². The van der Waals surface area contributed by atoms with Crippen LogP contribution in [-0.2, 0) is 12.7 Å². The molecule has 2 nitrogen and oxygen atoms in total. The van der Waals surface area contributed by atoms with Crippen LogP contribution in [0.25, 0.3) is 0 Å². The summed E-state index contributed by atoms with van der Waals surface area (Å²) in [6, 6.07) is 3.96. The molecular formula is C13H16ClF3N2. The van der Waals surface area contributed by atoms with Crippen LogP contribution >= 0.6 is 11.6 Å². The van der Waals surface area contributed by atoms with Crippen molar-refractivity contribution in [1.29, 1.82) is 0 Å². The molecule has 2 N–H and O–H groups in total. The molecule has 1 aromatic carbocycles. The Morgan fingerprint density at radius 2 is 2.05 bits per heavy atom. The molecule has 1 heterocycles. The topological polar surface area (TPSA) is 29.3 Å². The molecule has 0 spiro atoms. The van der Waals surface area contributed by atoms with E-state index in [1.807, 2.05) is 0 Å². The van der Waals surface area contributed by atoms with Crippen molar-refractivity contribution in [3.8, 4) is 0 Å². The summed E-state index contributed by atoms with van der Waals surface area (Å²) in [5, 5.41) is 0.119. The van der Waals surface area contributed by atoms with Crippen LogP contribution in [-0.4, -0.2) is 24.0 Å².